The number of likely N-dealkylation sites (N-methyl/N-ethyl adjacent to an activating group) is 1. The molecule has 1 aliphatic rings. The van der Waals surface area contributed by atoms with Gasteiger partial charge in [0.05, 0.1) is 10.5 Å². The second-order valence-corrected chi connectivity index (χ2v) is 10.2. The minimum Gasteiger partial charge on any atom is -0.381 e. The van der Waals surface area contributed by atoms with E-state index in [0.717, 1.165) is 56.6 Å². The van der Waals surface area contributed by atoms with Crippen LogP contribution in [0.2, 0.25) is 0 Å². The fraction of sp³-hybridized carbons (Fsp3) is 0.636. The molecule has 9 heteroatoms. The van der Waals surface area contributed by atoms with Gasteiger partial charge in [-0.1, -0.05) is 6.08 Å². The van der Waals surface area contributed by atoms with Crippen LogP contribution in [0.1, 0.15) is 37.7 Å². The van der Waals surface area contributed by atoms with Crippen molar-refractivity contribution in [3.8, 4) is 0 Å². The molecule has 0 aromatic heterocycles. The maximum Gasteiger partial charge on any atom is 0.416 e. The first kappa shape index (κ1) is 25.8. The van der Waals surface area contributed by atoms with E-state index in [1.807, 2.05) is 13.1 Å². The monoisotopic (exact) mass is 462 g/mol. The summed E-state index contributed by atoms with van der Waals surface area (Å²) < 4.78 is 70.9. The number of hydrogen-bond acceptors (Lipinski definition) is 4. The Morgan fingerprint density at radius 1 is 1.13 bits per heavy atom. The Morgan fingerprint density at radius 2 is 1.74 bits per heavy atom. The van der Waals surface area contributed by atoms with E-state index in [4.69, 9.17) is 4.74 Å². The third-order valence-electron chi connectivity index (χ3n) is 5.81. The molecule has 176 valence electrons. The first-order valence-corrected chi connectivity index (χ1v) is 12.0. The normalized spacial score (nSPS) is 20.4. The van der Waals surface area contributed by atoms with E-state index in [0.29, 0.717) is 32.0 Å². The molecule has 1 aromatic carbocycles. The van der Waals surface area contributed by atoms with Crippen molar-refractivity contribution in [1.29, 1.82) is 0 Å². The largest absolute Gasteiger partial charge is 0.416 e. The number of nitrogens with zero attached hydrogens (tertiary/aromatic N) is 2. The van der Waals surface area contributed by atoms with Gasteiger partial charge in [0.1, 0.15) is 0 Å². The lowest BCUT2D eigenvalue weighted by atomic mass is 9.86. The zero-order chi connectivity index (χ0) is 23.1. The summed E-state index contributed by atoms with van der Waals surface area (Å²) in [7, 11) is -0.284. The molecule has 0 saturated heterocycles. The average Bonchev–Trinajstić information content (AvgIpc) is 2.73. The van der Waals surface area contributed by atoms with E-state index in [1.165, 1.54) is 11.4 Å². The van der Waals surface area contributed by atoms with E-state index in [9.17, 15) is 21.6 Å². The van der Waals surface area contributed by atoms with E-state index in [2.05, 4.69) is 11.5 Å². The average molecular weight is 463 g/mol. The zero-order valence-electron chi connectivity index (χ0n) is 18.3. The van der Waals surface area contributed by atoms with Crippen LogP contribution in [0.15, 0.2) is 41.8 Å². The van der Waals surface area contributed by atoms with Gasteiger partial charge in [-0.3, -0.25) is 0 Å². The molecule has 0 heterocycles. The Labute approximate surface area is 183 Å². The van der Waals surface area contributed by atoms with Gasteiger partial charge in [-0.15, -0.1) is 6.58 Å². The van der Waals surface area contributed by atoms with E-state index >= 15 is 0 Å². The summed E-state index contributed by atoms with van der Waals surface area (Å²) in [5, 5.41) is 0. The molecule has 1 aromatic rings. The van der Waals surface area contributed by atoms with Gasteiger partial charge >= 0.3 is 6.18 Å². The molecule has 0 radical (unpaired) electrons. The lowest BCUT2D eigenvalue weighted by Crippen LogP contribution is -2.40. The predicted molar refractivity (Wildman–Crippen MR) is 115 cm³/mol. The number of hydrogen-bond donors (Lipinski definition) is 0. The molecule has 1 fully saturated rings. The second kappa shape index (κ2) is 11.4. The SMILES string of the molecule is C=CCN(C)CCCOCC1CCC(N(C)S(=O)(=O)c2ccc(C(F)(F)F)cc2)CC1. The van der Waals surface area contributed by atoms with Crippen molar-refractivity contribution < 1.29 is 26.3 Å². The standard InChI is InChI=1S/C22H33F3N2O3S/c1-4-14-26(2)15-5-16-30-17-18-6-10-20(11-7-18)27(3)31(28,29)21-12-8-19(9-13-21)22(23,24)25/h4,8-9,12-13,18,20H,1,5-7,10-11,14-17H2,2-3H3. The predicted octanol–water partition coefficient (Wildman–Crippen LogP) is 4.41. The summed E-state index contributed by atoms with van der Waals surface area (Å²) in [5.41, 5.74) is -0.859. The molecule has 1 saturated carbocycles. The molecule has 0 atom stereocenters. The van der Waals surface area contributed by atoms with Crippen LogP contribution in [0.5, 0.6) is 0 Å². The molecule has 0 spiro atoms. The summed E-state index contributed by atoms with van der Waals surface area (Å²) >= 11 is 0. The molecule has 0 amide bonds. The molecule has 0 unspecified atom stereocenters. The van der Waals surface area contributed by atoms with Gasteiger partial charge < -0.3 is 9.64 Å². The molecule has 31 heavy (non-hydrogen) atoms. The highest BCUT2D eigenvalue weighted by Gasteiger charge is 2.33. The van der Waals surface area contributed by atoms with Crippen molar-refractivity contribution in [2.24, 2.45) is 5.92 Å². The Bertz CT molecular complexity index is 789. The molecule has 0 N–H and O–H groups in total. The maximum atomic E-state index is 12.8. The number of benzene rings is 1. The Morgan fingerprint density at radius 3 is 2.29 bits per heavy atom. The van der Waals surface area contributed by atoms with Crippen LogP contribution in [0.25, 0.3) is 0 Å². The smallest absolute Gasteiger partial charge is 0.381 e. The molecule has 0 bridgehead atoms. The Balaban J connectivity index is 1.79. The molecular formula is C22H33F3N2O3S. The van der Waals surface area contributed by atoms with Gasteiger partial charge in [-0.25, -0.2) is 8.42 Å². The first-order valence-electron chi connectivity index (χ1n) is 10.6. The third kappa shape index (κ3) is 7.59. The highest BCUT2D eigenvalue weighted by Crippen LogP contribution is 2.32. The van der Waals surface area contributed by atoms with Crippen molar-refractivity contribution in [1.82, 2.24) is 9.21 Å². The van der Waals surface area contributed by atoms with Gasteiger partial charge in [-0.05, 0) is 69.3 Å². The highest BCUT2D eigenvalue weighted by molar-refractivity contribution is 7.89. The highest BCUT2D eigenvalue weighted by atomic mass is 32.2. The molecule has 5 nitrogen and oxygen atoms in total. The van der Waals surface area contributed by atoms with Crippen LogP contribution in [-0.2, 0) is 20.9 Å². The molecule has 1 aliphatic carbocycles. The van der Waals surface area contributed by atoms with Crippen LogP contribution in [-0.4, -0.2) is 64.1 Å². The second-order valence-electron chi connectivity index (χ2n) is 8.20. The maximum absolute atomic E-state index is 12.8. The summed E-state index contributed by atoms with van der Waals surface area (Å²) in [6.07, 6.45) is 1.50. The number of sulfonamides is 1. The van der Waals surface area contributed by atoms with Gasteiger partial charge in [0.25, 0.3) is 0 Å². The molecular weight excluding hydrogens is 429 g/mol. The number of rotatable bonds is 11. The Hall–Kier alpha value is -1.42. The third-order valence-corrected chi connectivity index (χ3v) is 7.74. The molecule has 2 rings (SSSR count). The minimum atomic E-state index is -4.49. The first-order chi connectivity index (χ1) is 14.6. The van der Waals surface area contributed by atoms with Crippen molar-refractivity contribution >= 4 is 10.0 Å². The quantitative estimate of drug-likeness (QED) is 0.361. The van der Waals surface area contributed by atoms with E-state index in [1.54, 1.807) is 0 Å². The van der Waals surface area contributed by atoms with Crippen molar-refractivity contribution in [3.05, 3.63) is 42.5 Å². The minimum absolute atomic E-state index is 0.116. The van der Waals surface area contributed by atoms with Gasteiger partial charge in [-0.2, -0.15) is 17.5 Å². The van der Waals surface area contributed by atoms with Gasteiger partial charge in [0.15, 0.2) is 0 Å². The topological polar surface area (TPSA) is 49.9 Å². The molecule has 0 aliphatic heterocycles. The van der Waals surface area contributed by atoms with Gasteiger partial charge in [0.2, 0.25) is 10.0 Å². The zero-order valence-corrected chi connectivity index (χ0v) is 19.1. The van der Waals surface area contributed by atoms with Gasteiger partial charge in [0, 0.05) is 39.4 Å². The summed E-state index contributed by atoms with van der Waals surface area (Å²) in [4.78, 5) is 2.06. The van der Waals surface area contributed by atoms with Crippen molar-refractivity contribution in [2.45, 2.75) is 49.2 Å². The number of alkyl halides is 3. The van der Waals surface area contributed by atoms with Crippen LogP contribution < -0.4 is 0 Å². The van der Waals surface area contributed by atoms with Crippen LogP contribution in [0.3, 0.4) is 0 Å². The van der Waals surface area contributed by atoms with Crippen LogP contribution in [0.4, 0.5) is 13.2 Å². The summed E-state index contributed by atoms with van der Waals surface area (Å²) in [6, 6.07) is 3.52. The summed E-state index contributed by atoms with van der Waals surface area (Å²) in [6.45, 7) is 6.89. The number of halogens is 3. The lowest BCUT2D eigenvalue weighted by Gasteiger charge is -2.34. The van der Waals surface area contributed by atoms with E-state index < -0.39 is 21.8 Å². The van der Waals surface area contributed by atoms with Crippen LogP contribution >= 0.6 is 0 Å². The summed E-state index contributed by atoms with van der Waals surface area (Å²) in [5.74, 6) is 0.407. The van der Waals surface area contributed by atoms with Crippen molar-refractivity contribution in [2.75, 3.05) is 40.4 Å². The lowest BCUT2D eigenvalue weighted by molar-refractivity contribution is -0.137. The fourth-order valence-electron chi connectivity index (χ4n) is 3.85. The number of ether oxygens (including phenoxy) is 1. The van der Waals surface area contributed by atoms with Crippen LogP contribution in [0, 0.1) is 5.92 Å². The van der Waals surface area contributed by atoms with Crippen molar-refractivity contribution in [3.63, 3.8) is 0 Å². The fourth-order valence-corrected chi connectivity index (χ4v) is 5.27. The van der Waals surface area contributed by atoms with E-state index in [-0.39, 0.29) is 10.9 Å². The Kier molecular flexibility index (Phi) is 9.54.